The van der Waals surface area contributed by atoms with Crippen LogP contribution in [0.25, 0.3) is 0 Å². The van der Waals surface area contributed by atoms with Gasteiger partial charge in [-0.2, -0.15) is 5.26 Å². The molecule has 12 heavy (non-hydrogen) atoms. The second kappa shape index (κ2) is 3.89. The molecule has 0 aromatic heterocycles. The van der Waals surface area contributed by atoms with Crippen molar-refractivity contribution < 1.29 is 4.79 Å². The van der Waals surface area contributed by atoms with E-state index in [-0.39, 0.29) is 0 Å². The zero-order chi connectivity index (χ0) is 8.97. The van der Waals surface area contributed by atoms with Crippen LogP contribution in [0.2, 0.25) is 5.02 Å². The summed E-state index contributed by atoms with van der Waals surface area (Å²) in [6, 6.07) is 6.86. The minimum atomic E-state index is 0.301. The Morgan fingerprint density at radius 3 is 2.83 bits per heavy atom. The zero-order valence-corrected chi connectivity index (χ0v) is 7.01. The molecular weight excluding hydrogens is 174 g/mol. The Morgan fingerprint density at radius 2 is 2.25 bits per heavy atom. The molecule has 1 aromatic rings. The van der Waals surface area contributed by atoms with E-state index in [1.165, 1.54) is 0 Å². The fraction of sp³-hybridized carbons (Fsp3) is 0.111. The topological polar surface area (TPSA) is 40.9 Å². The van der Waals surface area contributed by atoms with E-state index < -0.39 is 0 Å². The molecular formula is C9H6ClNO. The molecule has 0 aliphatic heterocycles. The maximum absolute atomic E-state index is 10.2. The van der Waals surface area contributed by atoms with Crippen LogP contribution < -0.4 is 0 Å². The molecule has 0 amide bonds. The molecule has 0 N–H and O–H groups in total. The van der Waals surface area contributed by atoms with Gasteiger partial charge in [-0.15, -0.1) is 0 Å². The molecule has 0 aliphatic rings. The van der Waals surface area contributed by atoms with Crippen LogP contribution in [0.3, 0.4) is 0 Å². The first-order valence-electron chi connectivity index (χ1n) is 3.39. The zero-order valence-electron chi connectivity index (χ0n) is 6.25. The fourth-order valence-corrected chi connectivity index (χ4v) is 1.19. The third-order valence-corrected chi connectivity index (χ3v) is 1.62. The first-order chi connectivity index (χ1) is 5.76. The summed E-state index contributed by atoms with van der Waals surface area (Å²) in [6.45, 7) is 0. The van der Waals surface area contributed by atoms with Crippen LogP contribution >= 0.6 is 11.6 Å². The molecule has 0 fully saturated rings. The van der Waals surface area contributed by atoms with Gasteiger partial charge in [-0.1, -0.05) is 11.6 Å². The van der Waals surface area contributed by atoms with Crippen LogP contribution in [0, 0.1) is 11.3 Å². The number of hydrogen-bond acceptors (Lipinski definition) is 2. The summed E-state index contributed by atoms with van der Waals surface area (Å²) >= 11 is 5.70. The molecule has 0 atom stereocenters. The second-order valence-corrected chi connectivity index (χ2v) is 2.77. The third-order valence-electron chi connectivity index (χ3n) is 1.41. The molecule has 0 heterocycles. The van der Waals surface area contributed by atoms with Crippen LogP contribution in [0.4, 0.5) is 0 Å². The van der Waals surface area contributed by atoms with Crippen LogP contribution in [0.1, 0.15) is 11.1 Å². The van der Waals surface area contributed by atoms with Crippen molar-refractivity contribution in [2.45, 2.75) is 6.42 Å². The molecule has 3 heteroatoms. The normalized spacial score (nSPS) is 9.00. The van der Waals surface area contributed by atoms with Gasteiger partial charge in [0.05, 0.1) is 11.6 Å². The molecule has 60 valence electrons. The molecule has 1 rings (SSSR count). The number of nitriles is 1. The van der Waals surface area contributed by atoms with E-state index in [1.54, 1.807) is 18.2 Å². The van der Waals surface area contributed by atoms with E-state index in [0.29, 0.717) is 17.0 Å². The number of rotatable bonds is 2. The van der Waals surface area contributed by atoms with Crippen molar-refractivity contribution in [3.05, 3.63) is 34.3 Å². The van der Waals surface area contributed by atoms with Crippen LogP contribution in [0.5, 0.6) is 0 Å². The minimum absolute atomic E-state index is 0.301. The van der Waals surface area contributed by atoms with Crippen LogP contribution in [0.15, 0.2) is 18.2 Å². The standard InChI is InChI=1S/C9H6ClNO/c10-9-4-7(1-2-12)3-8(5-9)6-11/h2-5H,1H2. The molecule has 0 unspecified atom stereocenters. The monoisotopic (exact) mass is 179 g/mol. The number of aldehydes is 1. The number of carbonyl (C=O) groups is 1. The number of benzene rings is 1. The molecule has 0 saturated carbocycles. The predicted molar refractivity (Wildman–Crippen MR) is 45.9 cm³/mol. The smallest absolute Gasteiger partial charge is 0.124 e. The first kappa shape index (κ1) is 8.76. The number of halogens is 1. The van der Waals surface area contributed by atoms with Gasteiger partial charge in [0.1, 0.15) is 6.29 Å². The Balaban J connectivity index is 3.07. The van der Waals surface area contributed by atoms with Gasteiger partial charge < -0.3 is 4.79 Å². The van der Waals surface area contributed by atoms with E-state index in [9.17, 15) is 4.79 Å². The first-order valence-corrected chi connectivity index (χ1v) is 3.77. The summed E-state index contributed by atoms with van der Waals surface area (Å²) in [4.78, 5) is 10.2. The Labute approximate surface area is 75.4 Å². The fourth-order valence-electron chi connectivity index (χ4n) is 0.929. The van der Waals surface area contributed by atoms with E-state index in [2.05, 4.69) is 0 Å². The van der Waals surface area contributed by atoms with Crippen molar-refractivity contribution in [3.8, 4) is 6.07 Å². The number of nitrogens with zero attached hydrogens (tertiary/aromatic N) is 1. The molecule has 0 radical (unpaired) electrons. The number of hydrogen-bond donors (Lipinski definition) is 0. The van der Waals surface area contributed by atoms with Crippen molar-refractivity contribution in [3.63, 3.8) is 0 Å². The van der Waals surface area contributed by atoms with Crippen molar-refractivity contribution in [2.24, 2.45) is 0 Å². The summed E-state index contributed by atoms with van der Waals surface area (Å²) in [5.41, 5.74) is 1.26. The van der Waals surface area contributed by atoms with Gasteiger partial charge in [0, 0.05) is 11.4 Å². The number of carbonyl (C=O) groups excluding carboxylic acids is 1. The molecule has 0 aliphatic carbocycles. The maximum Gasteiger partial charge on any atom is 0.124 e. The highest BCUT2D eigenvalue weighted by Crippen LogP contribution is 2.14. The third kappa shape index (κ3) is 2.08. The molecule has 1 aromatic carbocycles. The van der Waals surface area contributed by atoms with E-state index in [4.69, 9.17) is 16.9 Å². The van der Waals surface area contributed by atoms with Crippen LogP contribution in [-0.2, 0) is 11.2 Å². The highest BCUT2D eigenvalue weighted by atomic mass is 35.5. The van der Waals surface area contributed by atoms with Gasteiger partial charge in [0.15, 0.2) is 0 Å². The predicted octanol–water partition coefficient (Wildman–Crippen LogP) is 1.95. The summed E-state index contributed by atoms with van der Waals surface area (Å²) < 4.78 is 0. The average Bonchev–Trinajstić information content (AvgIpc) is 2.04. The van der Waals surface area contributed by atoms with Crippen molar-refractivity contribution in [1.29, 1.82) is 5.26 Å². The lowest BCUT2D eigenvalue weighted by molar-refractivity contribution is -0.107. The summed E-state index contributed by atoms with van der Waals surface area (Å²) in [7, 11) is 0. The highest BCUT2D eigenvalue weighted by Gasteiger charge is 1.97. The van der Waals surface area contributed by atoms with E-state index in [1.807, 2.05) is 6.07 Å². The lowest BCUT2D eigenvalue weighted by Gasteiger charge is -1.96. The summed E-state index contributed by atoms with van der Waals surface area (Å²) in [6.07, 6.45) is 1.09. The second-order valence-electron chi connectivity index (χ2n) is 2.33. The molecule has 2 nitrogen and oxygen atoms in total. The Kier molecular flexibility index (Phi) is 2.84. The van der Waals surface area contributed by atoms with Crippen molar-refractivity contribution in [2.75, 3.05) is 0 Å². The Morgan fingerprint density at radius 1 is 1.50 bits per heavy atom. The quantitative estimate of drug-likeness (QED) is 0.652. The van der Waals surface area contributed by atoms with Crippen molar-refractivity contribution >= 4 is 17.9 Å². The van der Waals surface area contributed by atoms with E-state index >= 15 is 0 Å². The Hall–Kier alpha value is -1.33. The summed E-state index contributed by atoms with van der Waals surface area (Å²) in [5, 5.41) is 9.05. The largest absolute Gasteiger partial charge is 0.303 e. The van der Waals surface area contributed by atoms with Gasteiger partial charge in [-0.3, -0.25) is 0 Å². The molecule has 0 saturated heterocycles. The van der Waals surface area contributed by atoms with E-state index in [0.717, 1.165) is 11.8 Å². The SMILES string of the molecule is N#Cc1cc(Cl)cc(CC=O)c1. The van der Waals surface area contributed by atoms with Gasteiger partial charge in [-0.05, 0) is 23.8 Å². The minimum Gasteiger partial charge on any atom is -0.303 e. The molecule has 0 bridgehead atoms. The van der Waals surface area contributed by atoms with Gasteiger partial charge in [0.2, 0.25) is 0 Å². The lowest BCUT2D eigenvalue weighted by atomic mass is 10.1. The van der Waals surface area contributed by atoms with Crippen LogP contribution in [-0.4, -0.2) is 6.29 Å². The molecule has 0 spiro atoms. The summed E-state index contributed by atoms with van der Waals surface area (Å²) in [5.74, 6) is 0. The maximum atomic E-state index is 10.2. The van der Waals surface area contributed by atoms with Gasteiger partial charge in [-0.25, -0.2) is 0 Å². The van der Waals surface area contributed by atoms with Crippen molar-refractivity contribution in [1.82, 2.24) is 0 Å². The van der Waals surface area contributed by atoms with Gasteiger partial charge in [0.25, 0.3) is 0 Å². The average molecular weight is 180 g/mol. The van der Waals surface area contributed by atoms with Gasteiger partial charge >= 0.3 is 0 Å². The highest BCUT2D eigenvalue weighted by molar-refractivity contribution is 6.30. The Bertz CT molecular complexity index is 341. The lowest BCUT2D eigenvalue weighted by Crippen LogP contribution is -1.87.